The van der Waals surface area contributed by atoms with Gasteiger partial charge in [0.1, 0.15) is 0 Å². The molecule has 10 aromatic carbocycles. The van der Waals surface area contributed by atoms with Crippen molar-refractivity contribution in [3.8, 4) is 44.5 Å². The van der Waals surface area contributed by atoms with E-state index in [1.165, 1.54) is 89.0 Å². The molecule has 0 radical (unpaired) electrons. The van der Waals surface area contributed by atoms with Crippen LogP contribution >= 0.6 is 0 Å². The summed E-state index contributed by atoms with van der Waals surface area (Å²) in [4.78, 5) is 2.53. The molecule has 63 heavy (non-hydrogen) atoms. The summed E-state index contributed by atoms with van der Waals surface area (Å²) < 4.78 is 0. The standard InChI is InChI=1S/C62H41N/c1-4-19-42(20-5-1)43-35-37-46(38-36-43)63(47-39-40-51-50-27-10-14-29-53(50)61(58(51)41-47,44-21-6-2-7-22-44)45-23-8-3-9-24-45)59-34-18-33-57-60(59)52-28-13-17-32-56(52)62(57)54-30-15-11-25-48(54)49-26-12-16-31-55(49)62/h1-41H. The molecule has 0 aliphatic heterocycles. The molecule has 0 aromatic heterocycles. The predicted octanol–water partition coefficient (Wildman–Crippen LogP) is 15.5. The minimum absolute atomic E-state index is 0.451. The molecule has 0 unspecified atom stereocenters. The van der Waals surface area contributed by atoms with Crippen molar-refractivity contribution in [3.63, 3.8) is 0 Å². The maximum Gasteiger partial charge on any atom is 0.0726 e. The van der Waals surface area contributed by atoms with Crippen LogP contribution in [0.1, 0.15) is 44.5 Å². The largest absolute Gasteiger partial charge is 0.310 e. The van der Waals surface area contributed by atoms with E-state index in [2.05, 4.69) is 254 Å². The highest BCUT2D eigenvalue weighted by Crippen LogP contribution is 2.65. The highest BCUT2D eigenvalue weighted by Gasteiger charge is 2.52. The van der Waals surface area contributed by atoms with Crippen molar-refractivity contribution in [2.45, 2.75) is 10.8 Å². The van der Waals surface area contributed by atoms with E-state index in [9.17, 15) is 0 Å². The lowest BCUT2D eigenvalue weighted by Gasteiger charge is -2.35. The van der Waals surface area contributed by atoms with Crippen molar-refractivity contribution in [1.29, 1.82) is 0 Å². The van der Waals surface area contributed by atoms with E-state index in [1.54, 1.807) is 0 Å². The van der Waals surface area contributed by atoms with Crippen LogP contribution in [-0.2, 0) is 10.8 Å². The molecule has 3 aliphatic carbocycles. The maximum atomic E-state index is 2.53. The third-order valence-corrected chi connectivity index (χ3v) is 14.2. The van der Waals surface area contributed by atoms with Crippen LogP contribution in [0.2, 0.25) is 0 Å². The van der Waals surface area contributed by atoms with Gasteiger partial charge in [0.05, 0.1) is 16.5 Å². The second-order valence-electron chi connectivity index (χ2n) is 17.1. The summed E-state index contributed by atoms with van der Waals surface area (Å²) in [5, 5.41) is 0. The Balaban J connectivity index is 1.10. The predicted molar refractivity (Wildman–Crippen MR) is 260 cm³/mol. The molecule has 13 rings (SSSR count). The first-order chi connectivity index (χ1) is 31.3. The Bertz CT molecular complexity index is 3300. The topological polar surface area (TPSA) is 3.24 Å². The second-order valence-corrected chi connectivity index (χ2v) is 17.1. The minimum atomic E-state index is -0.528. The van der Waals surface area contributed by atoms with Crippen molar-refractivity contribution < 1.29 is 0 Å². The summed E-state index contributed by atoms with van der Waals surface area (Å²) in [6, 6.07) is 92.7. The Labute approximate surface area is 368 Å². The summed E-state index contributed by atoms with van der Waals surface area (Å²) in [5.74, 6) is 0. The third kappa shape index (κ3) is 4.88. The zero-order chi connectivity index (χ0) is 41.5. The van der Waals surface area contributed by atoms with Gasteiger partial charge in [-0.1, -0.05) is 218 Å². The van der Waals surface area contributed by atoms with E-state index in [4.69, 9.17) is 0 Å². The fourth-order valence-corrected chi connectivity index (χ4v) is 11.7. The number of hydrogen-bond donors (Lipinski definition) is 0. The van der Waals surface area contributed by atoms with Gasteiger partial charge in [0.25, 0.3) is 0 Å². The molecule has 1 spiro atoms. The summed E-state index contributed by atoms with van der Waals surface area (Å²) >= 11 is 0. The zero-order valence-corrected chi connectivity index (χ0v) is 34.6. The van der Waals surface area contributed by atoms with Gasteiger partial charge in [-0.05, 0) is 114 Å². The van der Waals surface area contributed by atoms with Crippen LogP contribution < -0.4 is 4.90 Å². The lowest BCUT2D eigenvalue weighted by molar-refractivity contribution is 0.768. The van der Waals surface area contributed by atoms with E-state index in [1.807, 2.05) is 0 Å². The lowest BCUT2D eigenvalue weighted by atomic mass is 9.67. The van der Waals surface area contributed by atoms with E-state index >= 15 is 0 Å². The fraction of sp³-hybridized carbons (Fsp3) is 0.0323. The van der Waals surface area contributed by atoms with Crippen LogP contribution in [0.3, 0.4) is 0 Å². The van der Waals surface area contributed by atoms with Gasteiger partial charge in [-0.25, -0.2) is 0 Å². The van der Waals surface area contributed by atoms with Gasteiger partial charge >= 0.3 is 0 Å². The second kappa shape index (κ2) is 13.8. The molecule has 0 N–H and O–H groups in total. The Morgan fingerprint density at radius 2 is 0.667 bits per heavy atom. The Morgan fingerprint density at radius 1 is 0.254 bits per heavy atom. The van der Waals surface area contributed by atoms with Crippen molar-refractivity contribution in [2.24, 2.45) is 0 Å². The summed E-state index contributed by atoms with van der Waals surface area (Å²) in [7, 11) is 0. The molecule has 0 heterocycles. The molecule has 294 valence electrons. The van der Waals surface area contributed by atoms with E-state index in [-0.39, 0.29) is 0 Å². The Hall–Kier alpha value is -8.00. The molecule has 0 amide bonds. The monoisotopic (exact) mass is 799 g/mol. The SMILES string of the molecule is c1ccc(-c2ccc(N(c3ccc4c(c3)C(c3ccccc3)(c3ccccc3)c3ccccc3-4)c3cccc4c3-c3ccccc3C43c4ccccc4-c4ccccc43)cc2)cc1. The van der Waals surface area contributed by atoms with Gasteiger partial charge in [-0.2, -0.15) is 0 Å². The van der Waals surface area contributed by atoms with Gasteiger partial charge in [0.2, 0.25) is 0 Å². The third-order valence-electron chi connectivity index (χ3n) is 14.2. The number of fused-ring (bicyclic) bond motifs is 13. The van der Waals surface area contributed by atoms with Crippen LogP contribution in [0.4, 0.5) is 17.1 Å². The maximum absolute atomic E-state index is 2.53. The van der Waals surface area contributed by atoms with Crippen LogP contribution in [0.25, 0.3) is 44.5 Å². The van der Waals surface area contributed by atoms with Gasteiger partial charge in [0.15, 0.2) is 0 Å². The first-order valence-corrected chi connectivity index (χ1v) is 22.0. The van der Waals surface area contributed by atoms with Crippen LogP contribution in [0.15, 0.2) is 249 Å². The Morgan fingerprint density at radius 3 is 1.24 bits per heavy atom. The number of rotatable bonds is 6. The molecular weight excluding hydrogens is 759 g/mol. The van der Waals surface area contributed by atoms with Crippen molar-refractivity contribution >= 4 is 17.1 Å². The van der Waals surface area contributed by atoms with Crippen molar-refractivity contribution in [2.75, 3.05) is 4.90 Å². The molecule has 0 saturated carbocycles. The minimum Gasteiger partial charge on any atom is -0.310 e. The van der Waals surface area contributed by atoms with Crippen molar-refractivity contribution in [3.05, 3.63) is 293 Å². The number of benzene rings is 10. The molecule has 1 nitrogen and oxygen atoms in total. The molecule has 3 aliphatic rings. The molecule has 0 bridgehead atoms. The highest BCUT2D eigenvalue weighted by molar-refractivity contribution is 6.01. The molecule has 0 fully saturated rings. The van der Waals surface area contributed by atoms with E-state index in [0.717, 1.165) is 17.1 Å². The molecule has 0 saturated heterocycles. The van der Waals surface area contributed by atoms with Gasteiger partial charge < -0.3 is 4.90 Å². The zero-order valence-electron chi connectivity index (χ0n) is 34.6. The fourth-order valence-electron chi connectivity index (χ4n) is 11.7. The van der Waals surface area contributed by atoms with Gasteiger partial charge in [-0.3, -0.25) is 0 Å². The average Bonchev–Trinajstić information content (AvgIpc) is 3.96. The van der Waals surface area contributed by atoms with Crippen molar-refractivity contribution in [1.82, 2.24) is 0 Å². The Kier molecular flexibility index (Phi) is 7.80. The normalized spacial score (nSPS) is 14.0. The summed E-state index contributed by atoms with van der Waals surface area (Å²) in [6.45, 7) is 0. The van der Waals surface area contributed by atoms with Gasteiger partial charge in [-0.15, -0.1) is 0 Å². The quantitative estimate of drug-likeness (QED) is 0.162. The van der Waals surface area contributed by atoms with Crippen LogP contribution in [0.5, 0.6) is 0 Å². The number of nitrogens with zero attached hydrogens (tertiary/aromatic N) is 1. The van der Waals surface area contributed by atoms with Crippen LogP contribution in [0, 0.1) is 0 Å². The van der Waals surface area contributed by atoms with E-state index < -0.39 is 10.8 Å². The van der Waals surface area contributed by atoms with Crippen LogP contribution in [-0.4, -0.2) is 0 Å². The molecule has 10 aromatic rings. The molecular formula is C62H41N. The summed E-state index contributed by atoms with van der Waals surface area (Å²) in [6.07, 6.45) is 0. The first kappa shape index (κ1) is 35.7. The number of hydrogen-bond acceptors (Lipinski definition) is 1. The molecule has 0 atom stereocenters. The summed E-state index contributed by atoms with van der Waals surface area (Å²) in [5.41, 5.74) is 23.0. The average molecular weight is 800 g/mol. The number of anilines is 3. The van der Waals surface area contributed by atoms with Gasteiger partial charge in [0, 0.05) is 16.9 Å². The highest BCUT2D eigenvalue weighted by atomic mass is 15.1. The lowest BCUT2D eigenvalue weighted by Crippen LogP contribution is -2.28. The van der Waals surface area contributed by atoms with E-state index in [0.29, 0.717) is 0 Å². The molecule has 1 heteroatoms. The smallest absolute Gasteiger partial charge is 0.0726 e. The first-order valence-electron chi connectivity index (χ1n) is 22.0.